The second-order valence-corrected chi connectivity index (χ2v) is 7.01. The molecule has 1 N–H and O–H groups in total. The molecular formula is C14H19BrClNO. The highest BCUT2D eigenvalue weighted by Gasteiger charge is 2.25. The highest BCUT2D eigenvalue weighted by Crippen LogP contribution is 2.29. The van der Waals surface area contributed by atoms with Crippen LogP contribution < -0.4 is 10.1 Å². The van der Waals surface area contributed by atoms with E-state index in [1.165, 1.54) is 12.8 Å². The molecule has 1 aromatic carbocycles. The van der Waals surface area contributed by atoms with E-state index in [2.05, 4.69) is 35.1 Å². The van der Waals surface area contributed by atoms with Gasteiger partial charge in [0.15, 0.2) is 0 Å². The molecule has 0 spiro atoms. The quantitative estimate of drug-likeness (QED) is 0.840. The fourth-order valence-electron chi connectivity index (χ4n) is 1.62. The summed E-state index contributed by atoms with van der Waals surface area (Å²) in [5, 5.41) is 4.19. The largest absolute Gasteiger partial charge is 0.491 e. The average molecular weight is 333 g/mol. The third-order valence-corrected chi connectivity index (χ3v) is 3.76. The summed E-state index contributed by atoms with van der Waals surface area (Å²) in [7, 11) is 0. The van der Waals surface area contributed by atoms with Crippen molar-refractivity contribution in [2.75, 3.05) is 13.2 Å². The number of rotatable bonds is 6. The molecule has 1 aliphatic carbocycles. The SMILES string of the molecule is CC(C)(CNC1CC1)COc1cc(Br)ccc1Cl. The van der Waals surface area contributed by atoms with Crippen LogP contribution >= 0.6 is 27.5 Å². The molecule has 18 heavy (non-hydrogen) atoms. The van der Waals surface area contributed by atoms with E-state index < -0.39 is 0 Å². The van der Waals surface area contributed by atoms with Crippen LogP contribution in [-0.2, 0) is 0 Å². The number of benzene rings is 1. The first-order chi connectivity index (χ1) is 8.46. The van der Waals surface area contributed by atoms with Crippen LogP contribution in [0.4, 0.5) is 0 Å². The van der Waals surface area contributed by atoms with Gasteiger partial charge in [-0.1, -0.05) is 41.4 Å². The van der Waals surface area contributed by atoms with Crippen molar-refractivity contribution in [3.63, 3.8) is 0 Å². The second kappa shape index (κ2) is 5.81. The molecule has 0 unspecified atom stereocenters. The summed E-state index contributed by atoms with van der Waals surface area (Å²) >= 11 is 9.52. The Morgan fingerprint density at radius 2 is 2.17 bits per heavy atom. The first-order valence-electron chi connectivity index (χ1n) is 6.27. The van der Waals surface area contributed by atoms with Crippen molar-refractivity contribution < 1.29 is 4.74 Å². The van der Waals surface area contributed by atoms with Crippen molar-refractivity contribution >= 4 is 27.5 Å². The predicted octanol–water partition coefficient (Wildman–Crippen LogP) is 4.26. The highest BCUT2D eigenvalue weighted by atomic mass is 79.9. The van der Waals surface area contributed by atoms with Gasteiger partial charge in [-0.15, -0.1) is 0 Å². The lowest BCUT2D eigenvalue weighted by Gasteiger charge is -2.25. The van der Waals surface area contributed by atoms with E-state index in [1.807, 2.05) is 18.2 Å². The molecule has 0 radical (unpaired) electrons. The zero-order valence-electron chi connectivity index (χ0n) is 10.8. The number of ether oxygens (including phenoxy) is 1. The lowest BCUT2D eigenvalue weighted by molar-refractivity contribution is 0.176. The van der Waals surface area contributed by atoms with E-state index in [0.717, 1.165) is 22.8 Å². The molecular weight excluding hydrogens is 314 g/mol. The topological polar surface area (TPSA) is 21.3 Å². The molecule has 1 saturated carbocycles. The molecule has 0 heterocycles. The van der Waals surface area contributed by atoms with Gasteiger partial charge in [0.25, 0.3) is 0 Å². The Balaban J connectivity index is 1.86. The van der Waals surface area contributed by atoms with Gasteiger partial charge in [0.1, 0.15) is 5.75 Å². The Bertz CT molecular complexity index is 418. The van der Waals surface area contributed by atoms with E-state index >= 15 is 0 Å². The molecule has 2 nitrogen and oxygen atoms in total. The zero-order chi connectivity index (χ0) is 13.2. The summed E-state index contributed by atoms with van der Waals surface area (Å²) in [6.07, 6.45) is 2.63. The predicted molar refractivity (Wildman–Crippen MR) is 79.5 cm³/mol. The third-order valence-electron chi connectivity index (χ3n) is 2.96. The number of hydrogen-bond donors (Lipinski definition) is 1. The minimum atomic E-state index is 0.105. The normalized spacial score (nSPS) is 15.8. The van der Waals surface area contributed by atoms with Crippen LogP contribution in [0.25, 0.3) is 0 Å². The summed E-state index contributed by atoms with van der Waals surface area (Å²) in [6, 6.07) is 6.40. The highest BCUT2D eigenvalue weighted by molar-refractivity contribution is 9.10. The maximum absolute atomic E-state index is 6.10. The maximum atomic E-state index is 6.10. The van der Waals surface area contributed by atoms with Crippen LogP contribution in [0.15, 0.2) is 22.7 Å². The summed E-state index contributed by atoms with van der Waals surface area (Å²) in [5.74, 6) is 0.741. The van der Waals surface area contributed by atoms with Crippen LogP contribution in [0.3, 0.4) is 0 Å². The third kappa shape index (κ3) is 4.45. The van der Waals surface area contributed by atoms with Gasteiger partial charge in [0.2, 0.25) is 0 Å². The van der Waals surface area contributed by atoms with Crippen LogP contribution in [-0.4, -0.2) is 19.2 Å². The molecule has 0 atom stereocenters. The van der Waals surface area contributed by atoms with Crippen molar-refractivity contribution in [2.45, 2.75) is 32.7 Å². The van der Waals surface area contributed by atoms with E-state index in [1.54, 1.807) is 0 Å². The molecule has 0 aromatic heterocycles. The van der Waals surface area contributed by atoms with Crippen molar-refractivity contribution in [3.8, 4) is 5.75 Å². The summed E-state index contributed by atoms with van der Waals surface area (Å²) < 4.78 is 6.82. The zero-order valence-corrected chi connectivity index (χ0v) is 13.1. The Labute approximate surface area is 122 Å². The number of nitrogens with one attached hydrogen (secondary N) is 1. The van der Waals surface area contributed by atoms with Gasteiger partial charge in [-0.25, -0.2) is 0 Å². The van der Waals surface area contributed by atoms with Crippen LogP contribution in [0.5, 0.6) is 5.75 Å². The fraction of sp³-hybridized carbons (Fsp3) is 0.571. The molecule has 1 fully saturated rings. The molecule has 0 saturated heterocycles. The van der Waals surface area contributed by atoms with Crippen LogP contribution in [0.2, 0.25) is 5.02 Å². The van der Waals surface area contributed by atoms with Crippen LogP contribution in [0.1, 0.15) is 26.7 Å². The minimum absolute atomic E-state index is 0.105. The van der Waals surface area contributed by atoms with Gasteiger partial charge in [-0.2, -0.15) is 0 Å². The van der Waals surface area contributed by atoms with Crippen molar-refractivity contribution in [3.05, 3.63) is 27.7 Å². The minimum Gasteiger partial charge on any atom is -0.491 e. The number of halogens is 2. The molecule has 0 aliphatic heterocycles. The summed E-state index contributed by atoms with van der Waals surface area (Å²) in [4.78, 5) is 0. The smallest absolute Gasteiger partial charge is 0.139 e. The number of hydrogen-bond acceptors (Lipinski definition) is 2. The Morgan fingerprint density at radius 1 is 1.44 bits per heavy atom. The van der Waals surface area contributed by atoms with E-state index in [4.69, 9.17) is 16.3 Å². The van der Waals surface area contributed by atoms with E-state index in [0.29, 0.717) is 11.6 Å². The average Bonchev–Trinajstić information content (AvgIpc) is 3.12. The molecule has 1 aromatic rings. The van der Waals surface area contributed by atoms with Gasteiger partial charge < -0.3 is 10.1 Å². The Kier molecular flexibility index (Phi) is 4.57. The van der Waals surface area contributed by atoms with Gasteiger partial charge >= 0.3 is 0 Å². The Hall–Kier alpha value is -0.250. The fourth-order valence-corrected chi connectivity index (χ4v) is 2.13. The second-order valence-electron chi connectivity index (χ2n) is 5.68. The monoisotopic (exact) mass is 331 g/mol. The molecule has 4 heteroatoms. The molecule has 1 aliphatic rings. The van der Waals surface area contributed by atoms with E-state index in [-0.39, 0.29) is 5.41 Å². The van der Waals surface area contributed by atoms with Gasteiger partial charge in [0.05, 0.1) is 11.6 Å². The van der Waals surface area contributed by atoms with Gasteiger partial charge in [0, 0.05) is 22.5 Å². The van der Waals surface area contributed by atoms with E-state index in [9.17, 15) is 0 Å². The molecule has 2 rings (SSSR count). The first-order valence-corrected chi connectivity index (χ1v) is 7.45. The van der Waals surface area contributed by atoms with Crippen molar-refractivity contribution in [2.24, 2.45) is 5.41 Å². The molecule has 0 bridgehead atoms. The molecule has 0 amide bonds. The molecule has 100 valence electrons. The van der Waals surface area contributed by atoms with Crippen molar-refractivity contribution in [1.82, 2.24) is 5.32 Å². The standard InChI is InChI=1S/C14H19BrClNO/c1-14(2,8-17-11-4-5-11)9-18-13-7-10(15)3-6-12(13)16/h3,6-7,11,17H,4-5,8-9H2,1-2H3. The van der Waals surface area contributed by atoms with Crippen molar-refractivity contribution in [1.29, 1.82) is 0 Å². The maximum Gasteiger partial charge on any atom is 0.139 e. The van der Waals surface area contributed by atoms with Gasteiger partial charge in [-0.05, 0) is 31.0 Å². The van der Waals surface area contributed by atoms with Crippen LogP contribution in [0, 0.1) is 5.41 Å². The lowest BCUT2D eigenvalue weighted by Crippen LogP contribution is -2.35. The summed E-state index contributed by atoms with van der Waals surface area (Å²) in [6.45, 7) is 6.04. The first kappa shape index (κ1) is 14.2. The summed E-state index contributed by atoms with van der Waals surface area (Å²) in [5.41, 5.74) is 0.105. The lowest BCUT2D eigenvalue weighted by atomic mass is 9.95. The Morgan fingerprint density at radius 3 is 2.83 bits per heavy atom. The van der Waals surface area contributed by atoms with Gasteiger partial charge in [-0.3, -0.25) is 0 Å².